The molecule has 0 saturated heterocycles. The van der Waals surface area contributed by atoms with Crippen LogP contribution >= 0.6 is 34.5 Å². The number of aromatic carboxylic acids is 1. The number of nitrogens with one attached hydrogen (secondary N) is 1. The number of rotatable bonds is 4. The molecule has 2 unspecified atom stereocenters. The molecule has 3 heterocycles. The number of Topliss-reactive ketones (excluding diaryl/α,β-unsaturated/α-hetero) is 1. The molecule has 2 aromatic carbocycles. The SMILES string of the molecule is Cc1nn(-c2ccccc2C(=O)O)c2c1C(c1ccc(Cl)c(Cl)c1)C1=C(CC(c3cccs3)CC1=O)N2. The van der Waals surface area contributed by atoms with Gasteiger partial charge in [0.2, 0.25) is 0 Å². The number of carbonyl (C=O) groups is 2. The van der Waals surface area contributed by atoms with Gasteiger partial charge in [0.05, 0.1) is 27.0 Å². The third-order valence-electron chi connectivity index (χ3n) is 7.05. The number of allylic oxidation sites excluding steroid dienone is 2. The Hall–Kier alpha value is -3.39. The number of aryl methyl sites for hydroxylation is 1. The molecule has 0 spiro atoms. The Morgan fingerprint density at radius 3 is 2.65 bits per heavy atom. The van der Waals surface area contributed by atoms with Crippen LogP contribution in [0.25, 0.3) is 5.69 Å². The Balaban J connectivity index is 1.58. The zero-order valence-corrected chi connectivity index (χ0v) is 22.0. The molecule has 6 rings (SSSR count). The van der Waals surface area contributed by atoms with Crippen molar-refractivity contribution < 1.29 is 14.7 Å². The Bertz CT molecular complexity index is 1610. The Morgan fingerprint density at radius 1 is 1.11 bits per heavy atom. The highest BCUT2D eigenvalue weighted by atomic mass is 35.5. The highest BCUT2D eigenvalue weighted by molar-refractivity contribution is 7.10. The van der Waals surface area contributed by atoms with Gasteiger partial charge in [-0.25, -0.2) is 9.48 Å². The molecule has 0 bridgehead atoms. The number of aromatic nitrogens is 2. The summed E-state index contributed by atoms with van der Waals surface area (Å²) in [6.45, 7) is 1.87. The van der Waals surface area contributed by atoms with E-state index in [1.54, 1.807) is 52.4 Å². The standard InChI is InChI=1S/C28H21Cl2N3O3S/c1-14-24-25(15-8-9-18(29)19(30)11-15)26-20(12-16(13-22(26)34)23-7-4-10-37-23)31-27(24)33(32-14)21-6-3-2-5-17(21)28(35)36/h2-11,16,25,31H,12-13H2,1H3,(H,35,36). The zero-order chi connectivity index (χ0) is 25.8. The van der Waals surface area contributed by atoms with Crippen molar-refractivity contribution >= 4 is 52.1 Å². The first-order valence-corrected chi connectivity index (χ1v) is 13.4. The summed E-state index contributed by atoms with van der Waals surface area (Å²) in [6.07, 6.45) is 1.08. The summed E-state index contributed by atoms with van der Waals surface area (Å²) in [6, 6.07) is 16.3. The van der Waals surface area contributed by atoms with E-state index in [-0.39, 0.29) is 17.3 Å². The number of fused-ring (bicyclic) bond motifs is 1. The molecule has 1 aliphatic heterocycles. The maximum Gasteiger partial charge on any atom is 0.337 e. The summed E-state index contributed by atoms with van der Waals surface area (Å²) in [4.78, 5) is 26.9. The highest BCUT2D eigenvalue weighted by Crippen LogP contribution is 2.50. The van der Waals surface area contributed by atoms with Crippen LogP contribution in [0, 0.1) is 6.92 Å². The van der Waals surface area contributed by atoms with Gasteiger partial charge in [0.1, 0.15) is 5.82 Å². The van der Waals surface area contributed by atoms with Gasteiger partial charge in [-0.05, 0) is 54.6 Å². The average molecular weight is 550 g/mol. The molecule has 2 aliphatic rings. The van der Waals surface area contributed by atoms with Crippen molar-refractivity contribution in [2.45, 2.75) is 31.6 Å². The smallest absolute Gasteiger partial charge is 0.337 e. The van der Waals surface area contributed by atoms with E-state index < -0.39 is 11.9 Å². The molecule has 2 N–H and O–H groups in total. The van der Waals surface area contributed by atoms with Crippen molar-refractivity contribution in [3.8, 4) is 5.69 Å². The predicted molar refractivity (Wildman–Crippen MR) is 146 cm³/mol. The molecule has 0 radical (unpaired) electrons. The molecule has 0 amide bonds. The fourth-order valence-electron chi connectivity index (χ4n) is 5.44. The second-order valence-electron chi connectivity index (χ2n) is 9.25. The number of ketones is 1. The van der Waals surface area contributed by atoms with Gasteiger partial charge in [0.15, 0.2) is 5.78 Å². The first kappa shape index (κ1) is 24.0. The number of carbonyl (C=O) groups excluding carboxylic acids is 1. The predicted octanol–water partition coefficient (Wildman–Crippen LogP) is 7.21. The van der Waals surface area contributed by atoms with Crippen LogP contribution < -0.4 is 5.32 Å². The number of hydrogen-bond acceptors (Lipinski definition) is 5. The van der Waals surface area contributed by atoms with Crippen molar-refractivity contribution in [3.63, 3.8) is 0 Å². The van der Waals surface area contributed by atoms with Gasteiger partial charge in [-0.1, -0.05) is 47.5 Å². The minimum absolute atomic E-state index is 0.0681. The lowest BCUT2D eigenvalue weighted by molar-refractivity contribution is -0.116. The van der Waals surface area contributed by atoms with Crippen LogP contribution in [0.5, 0.6) is 0 Å². The Labute approximate surface area is 227 Å². The lowest BCUT2D eigenvalue weighted by Crippen LogP contribution is -2.30. The van der Waals surface area contributed by atoms with Gasteiger partial charge in [-0.2, -0.15) is 5.10 Å². The molecule has 37 heavy (non-hydrogen) atoms. The summed E-state index contributed by atoms with van der Waals surface area (Å²) in [7, 11) is 0. The van der Waals surface area contributed by atoms with E-state index in [1.165, 1.54) is 4.88 Å². The summed E-state index contributed by atoms with van der Waals surface area (Å²) in [5.41, 5.74) is 4.46. The first-order chi connectivity index (χ1) is 17.8. The number of thiophene rings is 1. The van der Waals surface area contributed by atoms with E-state index in [4.69, 9.17) is 28.3 Å². The monoisotopic (exact) mass is 549 g/mol. The van der Waals surface area contributed by atoms with Crippen LogP contribution in [0.3, 0.4) is 0 Å². The van der Waals surface area contributed by atoms with E-state index >= 15 is 0 Å². The molecule has 9 heteroatoms. The van der Waals surface area contributed by atoms with Crippen LogP contribution in [0.1, 0.15) is 56.7 Å². The molecule has 186 valence electrons. The van der Waals surface area contributed by atoms with Gasteiger partial charge in [-0.3, -0.25) is 4.79 Å². The summed E-state index contributed by atoms with van der Waals surface area (Å²) < 4.78 is 1.64. The fraction of sp³-hybridized carbons (Fsp3) is 0.179. The van der Waals surface area contributed by atoms with E-state index in [2.05, 4.69) is 11.4 Å². The third kappa shape index (κ3) is 3.98. The number of halogens is 2. The van der Waals surface area contributed by atoms with Crippen LogP contribution in [-0.4, -0.2) is 26.6 Å². The number of anilines is 1. The average Bonchev–Trinajstić information content (AvgIpc) is 3.53. The summed E-state index contributed by atoms with van der Waals surface area (Å²) in [5.74, 6) is -0.658. The van der Waals surface area contributed by atoms with Crippen molar-refractivity contribution in [1.82, 2.24) is 9.78 Å². The maximum atomic E-state index is 13.8. The molecule has 2 aromatic heterocycles. The zero-order valence-electron chi connectivity index (χ0n) is 19.7. The molecule has 2 atom stereocenters. The van der Waals surface area contributed by atoms with Crippen LogP contribution in [-0.2, 0) is 4.79 Å². The maximum absolute atomic E-state index is 13.8. The Kier molecular flexibility index (Phi) is 5.94. The van der Waals surface area contributed by atoms with Crippen molar-refractivity contribution in [1.29, 1.82) is 0 Å². The Morgan fingerprint density at radius 2 is 1.92 bits per heavy atom. The minimum atomic E-state index is -1.04. The molecular formula is C28H21Cl2N3O3S. The molecular weight excluding hydrogens is 529 g/mol. The lowest BCUT2D eigenvalue weighted by Gasteiger charge is -2.35. The molecule has 0 fully saturated rings. The largest absolute Gasteiger partial charge is 0.478 e. The highest BCUT2D eigenvalue weighted by Gasteiger charge is 2.41. The van der Waals surface area contributed by atoms with Crippen molar-refractivity contribution in [3.05, 3.63) is 109 Å². The number of hydrogen-bond donors (Lipinski definition) is 2. The van der Waals surface area contributed by atoms with E-state index in [0.717, 1.165) is 16.8 Å². The number of para-hydroxylation sites is 1. The fourth-order valence-corrected chi connectivity index (χ4v) is 6.58. The summed E-state index contributed by atoms with van der Waals surface area (Å²) >= 11 is 14.3. The number of carboxylic acid groups (broad SMARTS) is 1. The lowest BCUT2D eigenvalue weighted by atomic mass is 9.73. The van der Waals surface area contributed by atoms with Crippen molar-refractivity contribution in [2.75, 3.05) is 5.32 Å². The third-order valence-corrected chi connectivity index (χ3v) is 8.82. The number of benzene rings is 2. The van der Waals surface area contributed by atoms with Crippen molar-refractivity contribution in [2.24, 2.45) is 0 Å². The van der Waals surface area contributed by atoms with Crippen LogP contribution in [0.2, 0.25) is 10.0 Å². The number of carboxylic acids is 1. The van der Waals surface area contributed by atoms with Crippen LogP contribution in [0.15, 0.2) is 71.2 Å². The quantitative estimate of drug-likeness (QED) is 0.281. The van der Waals surface area contributed by atoms with E-state index in [0.29, 0.717) is 45.7 Å². The van der Waals surface area contributed by atoms with Gasteiger partial charge >= 0.3 is 5.97 Å². The molecule has 6 nitrogen and oxygen atoms in total. The van der Waals surface area contributed by atoms with Gasteiger partial charge in [0.25, 0.3) is 0 Å². The number of nitrogens with zero attached hydrogens (tertiary/aromatic N) is 2. The molecule has 4 aromatic rings. The normalized spacial score (nSPS) is 18.8. The van der Waals surface area contributed by atoms with Gasteiger partial charge < -0.3 is 10.4 Å². The first-order valence-electron chi connectivity index (χ1n) is 11.8. The van der Waals surface area contributed by atoms with E-state index in [9.17, 15) is 14.7 Å². The summed E-state index contributed by atoms with van der Waals surface area (Å²) in [5, 5.41) is 21.0. The second-order valence-corrected chi connectivity index (χ2v) is 11.0. The van der Waals surface area contributed by atoms with E-state index in [1.807, 2.05) is 24.4 Å². The van der Waals surface area contributed by atoms with Gasteiger partial charge in [0, 0.05) is 40.0 Å². The van der Waals surface area contributed by atoms with Gasteiger partial charge in [-0.15, -0.1) is 11.3 Å². The van der Waals surface area contributed by atoms with Crippen LogP contribution in [0.4, 0.5) is 5.82 Å². The second kappa shape index (κ2) is 9.17. The molecule has 0 saturated carbocycles. The molecule has 1 aliphatic carbocycles. The minimum Gasteiger partial charge on any atom is -0.478 e. The topological polar surface area (TPSA) is 84.2 Å².